The minimum atomic E-state index is -0.630. The Kier molecular flexibility index (Phi) is 5.25. The number of likely N-dealkylation sites (N-methyl/N-ethyl adjacent to an activating group) is 2. The van der Waals surface area contributed by atoms with Crippen LogP contribution >= 0.6 is 0 Å². The van der Waals surface area contributed by atoms with E-state index < -0.39 is 5.54 Å². The lowest BCUT2D eigenvalue weighted by atomic mass is 9.81. The third-order valence-corrected chi connectivity index (χ3v) is 4.87. The van der Waals surface area contributed by atoms with Gasteiger partial charge in [-0.1, -0.05) is 19.3 Å². The number of nitrogens with zero attached hydrogens (tertiary/aromatic N) is 3. The van der Waals surface area contributed by atoms with Crippen molar-refractivity contribution in [3.63, 3.8) is 0 Å². The number of furan rings is 1. The van der Waals surface area contributed by atoms with Crippen molar-refractivity contribution in [2.24, 2.45) is 0 Å². The summed E-state index contributed by atoms with van der Waals surface area (Å²) in [5.41, 5.74) is -0.630. The van der Waals surface area contributed by atoms with Gasteiger partial charge < -0.3 is 9.32 Å². The van der Waals surface area contributed by atoms with Crippen LogP contribution in [-0.2, 0) is 11.3 Å². The lowest BCUT2D eigenvalue weighted by Crippen LogP contribution is -2.55. The molecule has 1 aliphatic carbocycles. The summed E-state index contributed by atoms with van der Waals surface area (Å²) in [6.45, 7) is 2.46. The number of carbonyl (C=O) groups is 1. The number of carbonyl (C=O) groups excluding carboxylic acids is 1. The maximum atomic E-state index is 12.8. The van der Waals surface area contributed by atoms with Gasteiger partial charge in [-0.2, -0.15) is 5.26 Å². The molecule has 0 radical (unpaired) electrons. The monoisotopic (exact) mass is 303 g/mol. The normalized spacial score (nSPS) is 18.7. The summed E-state index contributed by atoms with van der Waals surface area (Å²) in [4.78, 5) is 16.4. The first kappa shape index (κ1) is 16.6. The highest BCUT2D eigenvalue weighted by Gasteiger charge is 2.40. The Bertz CT molecular complexity index is 527. The van der Waals surface area contributed by atoms with Gasteiger partial charge in [0.25, 0.3) is 0 Å². The molecule has 1 heterocycles. The molecular weight excluding hydrogens is 278 g/mol. The number of rotatable bonds is 5. The summed E-state index contributed by atoms with van der Waals surface area (Å²) in [6, 6.07) is 5.86. The molecule has 1 unspecified atom stereocenters. The van der Waals surface area contributed by atoms with Crippen LogP contribution in [0, 0.1) is 11.3 Å². The standard InChI is InChI=1S/C17H25N3O2/c1-14(19(2)12-15-8-7-11-22-15)16(21)20(3)17(13-18)9-5-4-6-10-17/h7-8,11,14H,4-6,9-10,12H2,1-3H3. The van der Waals surface area contributed by atoms with Gasteiger partial charge in [0.15, 0.2) is 0 Å². The van der Waals surface area contributed by atoms with Gasteiger partial charge in [-0.05, 0) is 38.9 Å². The van der Waals surface area contributed by atoms with Crippen LogP contribution in [0.3, 0.4) is 0 Å². The molecule has 22 heavy (non-hydrogen) atoms. The molecule has 0 N–H and O–H groups in total. The topological polar surface area (TPSA) is 60.5 Å². The van der Waals surface area contributed by atoms with Crippen molar-refractivity contribution in [2.45, 2.75) is 57.2 Å². The van der Waals surface area contributed by atoms with Gasteiger partial charge >= 0.3 is 0 Å². The first-order valence-electron chi connectivity index (χ1n) is 7.92. The fourth-order valence-electron chi connectivity index (χ4n) is 3.12. The van der Waals surface area contributed by atoms with Gasteiger partial charge in [0, 0.05) is 7.05 Å². The summed E-state index contributed by atoms with van der Waals surface area (Å²) in [6.07, 6.45) is 6.37. The van der Waals surface area contributed by atoms with Gasteiger partial charge in [0.05, 0.1) is 24.9 Å². The van der Waals surface area contributed by atoms with E-state index in [4.69, 9.17) is 4.42 Å². The maximum Gasteiger partial charge on any atom is 0.240 e. The highest BCUT2D eigenvalue weighted by Crippen LogP contribution is 2.33. The number of amides is 1. The largest absolute Gasteiger partial charge is 0.468 e. The molecule has 0 spiro atoms. The molecule has 0 aliphatic heterocycles. The summed E-state index contributed by atoms with van der Waals surface area (Å²) in [5.74, 6) is 0.829. The summed E-state index contributed by atoms with van der Waals surface area (Å²) < 4.78 is 5.33. The van der Waals surface area contributed by atoms with Crippen molar-refractivity contribution in [3.05, 3.63) is 24.2 Å². The Morgan fingerprint density at radius 2 is 2.09 bits per heavy atom. The quantitative estimate of drug-likeness (QED) is 0.839. The Morgan fingerprint density at radius 3 is 2.64 bits per heavy atom. The molecule has 1 aromatic heterocycles. The average Bonchev–Trinajstić information content (AvgIpc) is 3.06. The van der Waals surface area contributed by atoms with Crippen LogP contribution < -0.4 is 0 Å². The van der Waals surface area contributed by atoms with Crippen molar-refractivity contribution in [2.75, 3.05) is 14.1 Å². The molecule has 5 heteroatoms. The molecule has 1 fully saturated rings. The number of hydrogen-bond acceptors (Lipinski definition) is 4. The first-order valence-corrected chi connectivity index (χ1v) is 7.92. The average molecular weight is 303 g/mol. The van der Waals surface area contributed by atoms with Crippen LogP contribution in [0.2, 0.25) is 0 Å². The highest BCUT2D eigenvalue weighted by atomic mass is 16.3. The highest BCUT2D eigenvalue weighted by molar-refractivity contribution is 5.82. The predicted octanol–water partition coefficient (Wildman–Crippen LogP) is 2.78. The molecule has 5 nitrogen and oxygen atoms in total. The fourth-order valence-corrected chi connectivity index (χ4v) is 3.12. The SMILES string of the molecule is CC(C(=O)N(C)C1(C#N)CCCCC1)N(C)Cc1ccco1. The zero-order valence-electron chi connectivity index (χ0n) is 13.7. The molecular formula is C17H25N3O2. The fraction of sp³-hybridized carbons (Fsp3) is 0.647. The van der Waals surface area contributed by atoms with E-state index in [1.807, 2.05) is 31.0 Å². The third kappa shape index (κ3) is 3.33. The zero-order valence-corrected chi connectivity index (χ0v) is 13.7. The Balaban J connectivity index is 2.03. The van der Waals surface area contributed by atoms with Gasteiger partial charge in [-0.25, -0.2) is 0 Å². The van der Waals surface area contributed by atoms with E-state index in [2.05, 4.69) is 6.07 Å². The van der Waals surface area contributed by atoms with Gasteiger partial charge in [0.2, 0.25) is 5.91 Å². The van der Waals surface area contributed by atoms with Crippen LogP contribution in [0.15, 0.2) is 22.8 Å². The summed E-state index contributed by atoms with van der Waals surface area (Å²) in [5, 5.41) is 9.62. The Morgan fingerprint density at radius 1 is 1.41 bits per heavy atom. The van der Waals surface area contributed by atoms with E-state index in [0.717, 1.165) is 37.9 Å². The Labute approximate surface area is 132 Å². The lowest BCUT2D eigenvalue weighted by Gasteiger charge is -2.41. The van der Waals surface area contributed by atoms with Crippen molar-refractivity contribution >= 4 is 5.91 Å². The second kappa shape index (κ2) is 6.97. The second-order valence-electron chi connectivity index (χ2n) is 6.27. The lowest BCUT2D eigenvalue weighted by molar-refractivity contribution is -0.139. The van der Waals surface area contributed by atoms with Crippen LogP contribution in [0.5, 0.6) is 0 Å². The van der Waals surface area contributed by atoms with Gasteiger partial charge in [-0.3, -0.25) is 9.69 Å². The van der Waals surface area contributed by atoms with Gasteiger partial charge in [0.1, 0.15) is 11.3 Å². The smallest absolute Gasteiger partial charge is 0.240 e. The van der Waals surface area contributed by atoms with E-state index >= 15 is 0 Å². The van der Waals surface area contributed by atoms with Crippen LogP contribution in [-0.4, -0.2) is 41.4 Å². The molecule has 1 amide bonds. The van der Waals surface area contributed by atoms with E-state index in [1.165, 1.54) is 0 Å². The van der Waals surface area contributed by atoms with Crippen molar-refractivity contribution in [1.82, 2.24) is 9.80 Å². The molecule has 0 bridgehead atoms. The number of nitriles is 1. The van der Waals surface area contributed by atoms with E-state index in [1.54, 1.807) is 18.2 Å². The van der Waals surface area contributed by atoms with Crippen molar-refractivity contribution in [1.29, 1.82) is 5.26 Å². The molecule has 1 aliphatic rings. The van der Waals surface area contributed by atoms with Crippen LogP contribution in [0.4, 0.5) is 0 Å². The minimum Gasteiger partial charge on any atom is -0.468 e. The second-order valence-corrected chi connectivity index (χ2v) is 6.27. The molecule has 1 aromatic rings. The molecule has 2 rings (SSSR count). The van der Waals surface area contributed by atoms with Crippen molar-refractivity contribution in [3.8, 4) is 6.07 Å². The third-order valence-electron chi connectivity index (χ3n) is 4.87. The summed E-state index contributed by atoms with van der Waals surface area (Å²) in [7, 11) is 3.67. The zero-order chi connectivity index (χ0) is 16.2. The summed E-state index contributed by atoms with van der Waals surface area (Å²) >= 11 is 0. The molecule has 0 aromatic carbocycles. The van der Waals surface area contributed by atoms with Crippen molar-refractivity contribution < 1.29 is 9.21 Å². The van der Waals surface area contributed by atoms with E-state index in [0.29, 0.717) is 6.54 Å². The molecule has 1 saturated carbocycles. The number of hydrogen-bond donors (Lipinski definition) is 0. The predicted molar refractivity (Wildman–Crippen MR) is 83.8 cm³/mol. The maximum absolute atomic E-state index is 12.8. The van der Waals surface area contributed by atoms with Gasteiger partial charge in [-0.15, -0.1) is 0 Å². The molecule has 120 valence electrons. The van der Waals surface area contributed by atoms with E-state index in [9.17, 15) is 10.1 Å². The molecule has 1 atom stereocenters. The van der Waals surface area contributed by atoms with E-state index in [-0.39, 0.29) is 11.9 Å². The first-order chi connectivity index (χ1) is 10.5. The molecule has 0 saturated heterocycles. The van der Waals surface area contributed by atoms with Crippen LogP contribution in [0.25, 0.3) is 0 Å². The Hall–Kier alpha value is -1.80. The minimum absolute atomic E-state index is 0.00231. The van der Waals surface area contributed by atoms with Crippen LogP contribution in [0.1, 0.15) is 44.8 Å².